The fourth-order valence-electron chi connectivity index (χ4n) is 2.99. The second kappa shape index (κ2) is 9.85. The van der Waals surface area contributed by atoms with E-state index in [4.69, 9.17) is 22.1 Å². The van der Waals surface area contributed by atoms with E-state index in [0.717, 1.165) is 0 Å². The van der Waals surface area contributed by atoms with Gasteiger partial charge in [0.15, 0.2) is 11.6 Å². The predicted octanol–water partition coefficient (Wildman–Crippen LogP) is 4.10. The molecule has 0 saturated heterocycles. The summed E-state index contributed by atoms with van der Waals surface area (Å²) in [5, 5.41) is 14.8. The lowest BCUT2D eigenvalue weighted by molar-refractivity contribution is 0.102. The smallest absolute Gasteiger partial charge is 0.262 e. The van der Waals surface area contributed by atoms with Gasteiger partial charge < -0.3 is 15.8 Å². The highest BCUT2D eigenvalue weighted by Crippen LogP contribution is 2.31. The average Bonchev–Trinajstić information content (AvgIpc) is 2.84. The Morgan fingerprint density at radius 3 is 2.54 bits per heavy atom. The number of amides is 1. The number of anilines is 2. The van der Waals surface area contributed by atoms with E-state index in [-0.39, 0.29) is 45.6 Å². The lowest BCUT2D eigenvalue weighted by atomic mass is 10.1. The first-order valence-corrected chi connectivity index (χ1v) is 10.7. The molecule has 178 valence electrons. The van der Waals surface area contributed by atoms with E-state index in [1.165, 1.54) is 59.5 Å². The Labute approximate surface area is 203 Å². The number of nitrogen functional groups attached to an aromatic ring is 1. The van der Waals surface area contributed by atoms with Crippen molar-refractivity contribution in [1.82, 2.24) is 25.0 Å². The Morgan fingerprint density at radius 1 is 1.14 bits per heavy atom. The third kappa shape index (κ3) is 5.25. The lowest BCUT2D eigenvalue weighted by Crippen LogP contribution is -2.27. The molecule has 3 aromatic heterocycles. The van der Waals surface area contributed by atoms with Crippen LogP contribution < -0.4 is 21.2 Å². The van der Waals surface area contributed by atoms with Crippen molar-refractivity contribution in [2.45, 2.75) is 19.9 Å². The summed E-state index contributed by atoms with van der Waals surface area (Å²) < 4.78 is 20.4. The largest absolute Gasteiger partial charge is 0.436 e. The monoisotopic (exact) mass is 495 g/mol. The van der Waals surface area contributed by atoms with Crippen LogP contribution >= 0.6 is 11.6 Å². The van der Waals surface area contributed by atoms with Gasteiger partial charge >= 0.3 is 0 Å². The minimum absolute atomic E-state index is 0.0229. The maximum absolute atomic E-state index is 13.3. The molecule has 10 nitrogen and oxygen atoms in total. The number of hydrogen-bond acceptors (Lipinski definition) is 8. The third-order valence-electron chi connectivity index (χ3n) is 4.80. The summed E-state index contributed by atoms with van der Waals surface area (Å²) in [6.07, 6.45) is 2.79. The fraction of sp³-hybridized carbons (Fsp3) is 0.130. The Bertz CT molecular complexity index is 1440. The van der Waals surface area contributed by atoms with Gasteiger partial charge in [-0.15, -0.1) is 10.2 Å². The van der Waals surface area contributed by atoms with Crippen LogP contribution in [0.4, 0.5) is 16.0 Å². The molecule has 3 N–H and O–H groups in total. The highest BCUT2D eigenvalue weighted by molar-refractivity contribution is 6.34. The van der Waals surface area contributed by atoms with Crippen LogP contribution in [0, 0.1) is 5.82 Å². The predicted molar refractivity (Wildman–Crippen MR) is 128 cm³/mol. The zero-order valence-electron chi connectivity index (χ0n) is 18.6. The first-order valence-electron chi connectivity index (χ1n) is 10.3. The zero-order chi connectivity index (χ0) is 25.1. The standard InChI is InChI=1S/C23H19ClFN7O3/c1-12(2)32-11-15(21(33)20(31-32)13-3-5-14(25)6-4-13)23(34)28-17-7-8-18(30-29-17)35-16-9-10-27-22(26)19(16)24/h3-12H,1-2H3,(H2,26,27)(H,28,29,34). The molecule has 0 saturated carbocycles. The number of halogens is 2. The molecule has 1 amide bonds. The van der Waals surface area contributed by atoms with Gasteiger partial charge in [-0.05, 0) is 44.2 Å². The van der Waals surface area contributed by atoms with E-state index < -0.39 is 17.2 Å². The molecule has 0 spiro atoms. The molecular weight excluding hydrogens is 477 g/mol. The normalized spacial score (nSPS) is 10.9. The summed E-state index contributed by atoms with van der Waals surface area (Å²) >= 11 is 6.05. The highest BCUT2D eigenvalue weighted by Gasteiger charge is 2.19. The summed E-state index contributed by atoms with van der Waals surface area (Å²) in [5.74, 6) is -0.635. The van der Waals surface area contributed by atoms with Crippen molar-refractivity contribution in [2.75, 3.05) is 11.1 Å². The Morgan fingerprint density at radius 2 is 1.89 bits per heavy atom. The maximum atomic E-state index is 13.3. The van der Waals surface area contributed by atoms with Crippen LogP contribution in [0.5, 0.6) is 11.6 Å². The number of nitrogens with zero attached hydrogens (tertiary/aromatic N) is 5. The van der Waals surface area contributed by atoms with Crippen LogP contribution in [0.25, 0.3) is 11.3 Å². The van der Waals surface area contributed by atoms with Gasteiger partial charge in [0.1, 0.15) is 27.9 Å². The number of rotatable bonds is 6. The molecule has 4 aromatic rings. The van der Waals surface area contributed by atoms with Crippen LogP contribution in [0.1, 0.15) is 30.2 Å². The zero-order valence-corrected chi connectivity index (χ0v) is 19.3. The van der Waals surface area contributed by atoms with Crippen molar-refractivity contribution >= 4 is 29.1 Å². The molecule has 0 unspecified atom stereocenters. The van der Waals surface area contributed by atoms with E-state index in [1.54, 1.807) is 0 Å². The Kier molecular flexibility index (Phi) is 6.69. The van der Waals surface area contributed by atoms with Crippen LogP contribution in [-0.2, 0) is 0 Å². The third-order valence-corrected chi connectivity index (χ3v) is 5.18. The Hall–Kier alpha value is -4.38. The van der Waals surface area contributed by atoms with Gasteiger partial charge in [0.25, 0.3) is 5.91 Å². The summed E-state index contributed by atoms with van der Waals surface area (Å²) in [7, 11) is 0. The maximum Gasteiger partial charge on any atom is 0.262 e. The number of carbonyl (C=O) groups excluding carboxylic acids is 1. The van der Waals surface area contributed by atoms with E-state index >= 15 is 0 Å². The van der Waals surface area contributed by atoms with Gasteiger partial charge in [-0.1, -0.05) is 11.6 Å². The lowest BCUT2D eigenvalue weighted by Gasteiger charge is -2.14. The summed E-state index contributed by atoms with van der Waals surface area (Å²) in [4.78, 5) is 29.9. The summed E-state index contributed by atoms with van der Waals surface area (Å²) in [6.45, 7) is 3.70. The number of carbonyl (C=O) groups is 1. The van der Waals surface area contributed by atoms with Gasteiger partial charge in [0, 0.05) is 36.1 Å². The van der Waals surface area contributed by atoms with Crippen molar-refractivity contribution in [3.63, 3.8) is 0 Å². The number of nitrogens with one attached hydrogen (secondary N) is 1. The van der Waals surface area contributed by atoms with Crippen LogP contribution in [0.3, 0.4) is 0 Å². The minimum Gasteiger partial charge on any atom is -0.436 e. The van der Waals surface area contributed by atoms with Gasteiger partial charge in [-0.3, -0.25) is 14.3 Å². The topological polar surface area (TPSA) is 138 Å². The minimum atomic E-state index is -0.705. The molecule has 3 heterocycles. The summed E-state index contributed by atoms with van der Waals surface area (Å²) in [6, 6.07) is 9.56. The molecule has 35 heavy (non-hydrogen) atoms. The first kappa shape index (κ1) is 23.8. The van der Waals surface area contributed by atoms with Gasteiger partial charge in [0.05, 0.1) is 0 Å². The molecule has 12 heteroatoms. The number of nitrogens with two attached hydrogens (primary N) is 1. The number of aromatic nitrogens is 5. The molecule has 0 aliphatic heterocycles. The van der Waals surface area contributed by atoms with E-state index in [9.17, 15) is 14.0 Å². The second-order valence-electron chi connectivity index (χ2n) is 7.62. The van der Waals surface area contributed by atoms with E-state index in [2.05, 4.69) is 25.6 Å². The second-order valence-corrected chi connectivity index (χ2v) is 8.00. The van der Waals surface area contributed by atoms with Crippen molar-refractivity contribution in [1.29, 1.82) is 0 Å². The molecule has 0 aliphatic carbocycles. The van der Waals surface area contributed by atoms with Gasteiger partial charge in [0.2, 0.25) is 11.3 Å². The molecule has 0 atom stereocenters. The van der Waals surface area contributed by atoms with Crippen LogP contribution in [0.2, 0.25) is 5.02 Å². The van der Waals surface area contributed by atoms with Gasteiger partial charge in [-0.25, -0.2) is 9.37 Å². The quantitative estimate of drug-likeness (QED) is 0.407. The summed E-state index contributed by atoms with van der Waals surface area (Å²) in [5.41, 5.74) is 5.29. The molecule has 1 aromatic carbocycles. The first-order chi connectivity index (χ1) is 16.7. The number of benzene rings is 1. The fourth-order valence-corrected chi connectivity index (χ4v) is 3.14. The molecule has 4 rings (SSSR count). The van der Waals surface area contributed by atoms with E-state index in [1.807, 2.05) is 13.8 Å². The molecule has 0 fully saturated rings. The molecule has 0 bridgehead atoms. The number of pyridine rings is 1. The van der Waals surface area contributed by atoms with Crippen molar-refractivity contribution in [2.24, 2.45) is 0 Å². The molecule has 0 radical (unpaired) electrons. The number of ether oxygens (including phenoxy) is 1. The number of hydrogen-bond donors (Lipinski definition) is 2. The van der Waals surface area contributed by atoms with Crippen molar-refractivity contribution in [3.8, 4) is 22.9 Å². The molecule has 0 aliphatic rings. The van der Waals surface area contributed by atoms with Crippen molar-refractivity contribution in [3.05, 3.63) is 81.5 Å². The van der Waals surface area contributed by atoms with E-state index in [0.29, 0.717) is 5.56 Å². The van der Waals surface area contributed by atoms with Gasteiger partial charge in [-0.2, -0.15) is 5.10 Å². The Balaban J connectivity index is 1.59. The van der Waals surface area contributed by atoms with Crippen LogP contribution in [-0.4, -0.2) is 30.9 Å². The average molecular weight is 496 g/mol. The van der Waals surface area contributed by atoms with Crippen LogP contribution in [0.15, 0.2) is 59.7 Å². The highest BCUT2D eigenvalue weighted by atomic mass is 35.5. The SMILES string of the molecule is CC(C)n1cc(C(=O)Nc2ccc(Oc3ccnc(N)c3Cl)nn2)c(=O)c(-c2ccc(F)cc2)n1. The van der Waals surface area contributed by atoms with Crippen molar-refractivity contribution < 1.29 is 13.9 Å². The molecular formula is C23H19ClFN7O3.